The van der Waals surface area contributed by atoms with E-state index in [9.17, 15) is 8.42 Å². The normalized spacial score (nSPS) is 21.9. The van der Waals surface area contributed by atoms with Crippen molar-refractivity contribution in [1.29, 1.82) is 0 Å². The molecule has 0 amide bonds. The number of ether oxygens (including phenoxy) is 1. The predicted octanol–water partition coefficient (Wildman–Crippen LogP) is 2.14. The van der Waals surface area contributed by atoms with Crippen LogP contribution in [0.15, 0.2) is 24.3 Å². The highest BCUT2D eigenvalue weighted by atomic mass is 32.2. The van der Waals surface area contributed by atoms with E-state index in [0.29, 0.717) is 12.3 Å². The minimum absolute atomic E-state index is 0.0836. The fourth-order valence-corrected chi connectivity index (χ4v) is 4.07. The zero-order valence-corrected chi connectivity index (χ0v) is 12.9. The van der Waals surface area contributed by atoms with E-state index in [0.717, 1.165) is 24.2 Å². The lowest BCUT2D eigenvalue weighted by atomic mass is 10.1. The van der Waals surface area contributed by atoms with Crippen LogP contribution in [0.4, 0.5) is 0 Å². The molecule has 0 saturated carbocycles. The molecule has 2 rings (SSSR count). The fourth-order valence-electron chi connectivity index (χ4n) is 2.40. The minimum Gasteiger partial charge on any atom is -0.491 e. The van der Waals surface area contributed by atoms with Crippen molar-refractivity contribution in [2.75, 3.05) is 11.5 Å². The van der Waals surface area contributed by atoms with Crippen LogP contribution in [0.5, 0.6) is 5.75 Å². The zero-order chi connectivity index (χ0) is 14.6. The summed E-state index contributed by atoms with van der Waals surface area (Å²) >= 11 is 0. The Hall–Kier alpha value is -1.07. The predicted molar refractivity (Wildman–Crippen MR) is 80.7 cm³/mol. The molecule has 5 heteroatoms. The van der Waals surface area contributed by atoms with Crippen molar-refractivity contribution in [3.63, 3.8) is 0 Å². The van der Waals surface area contributed by atoms with Gasteiger partial charge in [-0.15, -0.1) is 0 Å². The van der Waals surface area contributed by atoms with Crippen LogP contribution in [-0.2, 0) is 16.4 Å². The van der Waals surface area contributed by atoms with Crippen LogP contribution in [0, 0.1) is 0 Å². The smallest absolute Gasteiger partial charge is 0.151 e. The average molecular weight is 297 g/mol. The van der Waals surface area contributed by atoms with Gasteiger partial charge in [0.1, 0.15) is 5.75 Å². The standard InChI is InChI=1S/C15H23NO3S/c1-12(2)19-15-7-5-13(6-8-15)10-16-14-4-3-9-20(17,18)11-14/h5-8,12,14,16H,3-4,9-11H2,1-2H3. The Morgan fingerprint density at radius 2 is 2.00 bits per heavy atom. The fraction of sp³-hybridized carbons (Fsp3) is 0.600. The van der Waals surface area contributed by atoms with Gasteiger partial charge in [0.2, 0.25) is 0 Å². The maximum absolute atomic E-state index is 11.6. The Morgan fingerprint density at radius 3 is 2.60 bits per heavy atom. The molecule has 1 heterocycles. The Bertz CT molecular complexity index is 523. The van der Waals surface area contributed by atoms with Crippen LogP contribution in [0.25, 0.3) is 0 Å². The summed E-state index contributed by atoms with van der Waals surface area (Å²) in [4.78, 5) is 0. The summed E-state index contributed by atoms with van der Waals surface area (Å²) in [6.45, 7) is 4.69. The van der Waals surface area contributed by atoms with Gasteiger partial charge >= 0.3 is 0 Å². The molecule has 0 spiro atoms. The molecule has 0 aromatic heterocycles. The van der Waals surface area contributed by atoms with E-state index in [1.54, 1.807) is 0 Å². The molecule has 1 aliphatic rings. The molecule has 1 aromatic carbocycles. The second-order valence-electron chi connectivity index (χ2n) is 5.64. The minimum atomic E-state index is -2.84. The Labute approximate surface area is 121 Å². The van der Waals surface area contributed by atoms with Gasteiger partial charge < -0.3 is 10.1 Å². The first kappa shape index (κ1) is 15.3. The summed E-state index contributed by atoms with van der Waals surface area (Å²) in [6.07, 6.45) is 1.88. The third-order valence-electron chi connectivity index (χ3n) is 3.35. The average Bonchev–Trinajstić information content (AvgIpc) is 2.36. The Morgan fingerprint density at radius 1 is 1.30 bits per heavy atom. The maximum Gasteiger partial charge on any atom is 0.151 e. The highest BCUT2D eigenvalue weighted by molar-refractivity contribution is 7.91. The third kappa shape index (κ3) is 4.80. The third-order valence-corrected chi connectivity index (χ3v) is 5.17. The van der Waals surface area contributed by atoms with Crippen molar-refractivity contribution in [2.24, 2.45) is 0 Å². The van der Waals surface area contributed by atoms with E-state index >= 15 is 0 Å². The Kier molecular flexibility index (Phi) is 5.05. The number of sulfone groups is 1. The molecule has 1 fully saturated rings. The van der Waals surface area contributed by atoms with E-state index in [1.165, 1.54) is 0 Å². The van der Waals surface area contributed by atoms with E-state index in [-0.39, 0.29) is 17.9 Å². The van der Waals surface area contributed by atoms with Gasteiger partial charge in [-0.3, -0.25) is 0 Å². The van der Waals surface area contributed by atoms with Gasteiger partial charge in [0.25, 0.3) is 0 Å². The first-order valence-electron chi connectivity index (χ1n) is 7.14. The summed E-state index contributed by atoms with van der Waals surface area (Å²) in [6, 6.07) is 8.02. The van der Waals surface area contributed by atoms with Crippen molar-refractivity contribution < 1.29 is 13.2 Å². The van der Waals surface area contributed by atoms with Crippen molar-refractivity contribution in [2.45, 2.75) is 45.4 Å². The summed E-state index contributed by atoms with van der Waals surface area (Å²) in [5, 5.41) is 3.33. The molecule has 0 aliphatic carbocycles. The summed E-state index contributed by atoms with van der Waals surface area (Å²) in [5.41, 5.74) is 1.14. The molecule has 1 unspecified atom stereocenters. The Balaban J connectivity index is 1.85. The molecule has 1 aromatic rings. The van der Waals surface area contributed by atoms with Crippen LogP contribution < -0.4 is 10.1 Å². The lowest BCUT2D eigenvalue weighted by Crippen LogP contribution is -2.39. The van der Waals surface area contributed by atoms with Gasteiger partial charge in [-0.05, 0) is 44.4 Å². The number of rotatable bonds is 5. The first-order chi connectivity index (χ1) is 9.44. The molecule has 112 valence electrons. The second-order valence-corrected chi connectivity index (χ2v) is 7.87. The molecule has 0 radical (unpaired) electrons. The van der Waals surface area contributed by atoms with Gasteiger partial charge in [-0.2, -0.15) is 0 Å². The van der Waals surface area contributed by atoms with E-state index in [1.807, 2.05) is 38.1 Å². The summed E-state index contributed by atoms with van der Waals surface area (Å²) in [7, 11) is -2.84. The highest BCUT2D eigenvalue weighted by Crippen LogP contribution is 2.15. The summed E-state index contributed by atoms with van der Waals surface area (Å²) < 4.78 is 28.7. The molecule has 20 heavy (non-hydrogen) atoms. The van der Waals surface area contributed by atoms with Gasteiger partial charge in [0.05, 0.1) is 17.6 Å². The number of hydrogen-bond donors (Lipinski definition) is 1. The molecule has 0 bridgehead atoms. The SMILES string of the molecule is CC(C)Oc1ccc(CNC2CCCS(=O)(=O)C2)cc1. The van der Waals surface area contributed by atoms with E-state index in [2.05, 4.69) is 5.32 Å². The quantitative estimate of drug-likeness (QED) is 0.904. The van der Waals surface area contributed by atoms with Crippen molar-refractivity contribution in [3.8, 4) is 5.75 Å². The van der Waals surface area contributed by atoms with Gasteiger partial charge in [-0.25, -0.2) is 8.42 Å². The molecule has 1 aliphatic heterocycles. The topological polar surface area (TPSA) is 55.4 Å². The van der Waals surface area contributed by atoms with Crippen molar-refractivity contribution in [3.05, 3.63) is 29.8 Å². The van der Waals surface area contributed by atoms with Crippen molar-refractivity contribution >= 4 is 9.84 Å². The van der Waals surface area contributed by atoms with Gasteiger partial charge in [-0.1, -0.05) is 12.1 Å². The largest absolute Gasteiger partial charge is 0.491 e. The lowest BCUT2D eigenvalue weighted by Gasteiger charge is -2.23. The summed E-state index contributed by atoms with van der Waals surface area (Å²) in [5.74, 6) is 1.47. The maximum atomic E-state index is 11.6. The van der Waals surface area contributed by atoms with E-state index in [4.69, 9.17) is 4.74 Å². The molecule has 1 N–H and O–H groups in total. The van der Waals surface area contributed by atoms with Crippen molar-refractivity contribution in [1.82, 2.24) is 5.32 Å². The number of benzene rings is 1. The van der Waals surface area contributed by atoms with Crippen LogP contribution in [0.2, 0.25) is 0 Å². The number of hydrogen-bond acceptors (Lipinski definition) is 4. The molecule has 1 saturated heterocycles. The number of nitrogens with one attached hydrogen (secondary N) is 1. The van der Waals surface area contributed by atoms with Gasteiger partial charge in [0.15, 0.2) is 9.84 Å². The first-order valence-corrected chi connectivity index (χ1v) is 8.96. The van der Waals surface area contributed by atoms with Crippen LogP contribution in [0.3, 0.4) is 0 Å². The monoisotopic (exact) mass is 297 g/mol. The molecule has 1 atom stereocenters. The zero-order valence-electron chi connectivity index (χ0n) is 12.1. The van der Waals surface area contributed by atoms with Crippen LogP contribution >= 0.6 is 0 Å². The second kappa shape index (κ2) is 6.59. The molecular weight excluding hydrogens is 274 g/mol. The molecule has 4 nitrogen and oxygen atoms in total. The van der Waals surface area contributed by atoms with Crippen LogP contribution in [-0.4, -0.2) is 32.1 Å². The molecular formula is C15H23NO3S. The highest BCUT2D eigenvalue weighted by Gasteiger charge is 2.23. The van der Waals surface area contributed by atoms with E-state index < -0.39 is 9.84 Å². The van der Waals surface area contributed by atoms with Gasteiger partial charge in [0, 0.05) is 12.6 Å². The van der Waals surface area contributed by atoms with Crippen LogP contribution in [0.1, 0.15) is 32.3 Å². The lowest BCUT2D eigenvalue weighted by molar-refractivity contribution is 0.242.